The maximum absolute atomic E-state index is 10.8. The number of benzene rings is 1. The average Bonchev–Trinajstić information content (AvgIpc) is 2.84. The van der Waals surface area contributed by atoms with Crippen LogP contribution in [0, 0.1) is 6.92 Å². The molecule has 0 fully saturated rings. The lowest BCUT2D eigenvalue weighted by molar-refractivity contribution is 0.0696. The number of hydrogen-bond acceptors (Lipinski definition) is 3. The van der Waals surface area contributed by atoms with Gasteiger partial charge in [-0.05, 0) is 53.1 Å². The number of carbonyl (C=O) groups is 1. The van der Waals surface area contributed by atoms with Crippen molar-refractivity contribution in [1.82, 2.24) is 0 Å². The first-order valence-corrected chi connectivity index (χ1v) is 6.59. The van der Waals surface area contributed by atoms with Gasteiger partial charge in [-0.3, -0.25) is 0 Å². The monoisotopic (exact) mass is 262 g/mol. The molecule has 0 spiro atoms. The molecule has 2 rings (SSSR count). The van der Waals surface area contributed by atoms with Gasteiger partial charge < -0.3 is 9.84 Å². The summed E-state index contributed by atoms with van der Waals surface area (Å²) in [4.78, 5) is 10.8. The van der Waals surface area contributed by atoms with E-state index in [-0.39, 0.29) is 5.56 Å². The Morgan fingerprint density at radius 3 is 2.83 bits per heavy atom. The van der Waals surface area contributed by atoms with Crippen molar-refractivity contribution in [2.75, 3.05) is 6.61 Å². The standard InChI is InChI=1S/C14H14O3S/c1-10-8-12(14(15)16)2-3-13(10)17-6-4-11-5-7-18-9-11/h2-3,5,7-9H,4,6H2,1H3,(H,15,16). The fraction of sp³-hybridized carbons (Fsp3) is 0.214. The van der Waals surface area contributed by atoms with Gasteiger partial charge in [-0.2, -0.15) is 11.3 Å². The van der Waals surface area contributed by atoms with Gasteiger partial charge in [0.05, 0.1) is 12.2 Å². The summed E-state index contributed by atoms with van der Waals surface area (Å²) >= 11 is 1.67. The number of carboxylic acid groups (broad SMARTS) is 1. The Balaban J connectivity index is 1.95. The molecule has 18 heavy (non-hydrogen) atoms. The molecule has 0 aliphatic heterocycles. The molecule has 2 aromatic rings. The van der Waals surface area contributed by atoms with E-state index in [0.29, 0.717) is 6.61 Å². The van der Waals surface area contributed by atoms with Crippen molar-refractivity contribution < 1.29 is 14.6 Å². The number of carboxylic acids is 1. The van der Waals surface area contributed by atoms with Crippen LogP contribution in [0.5, 0.6) is 5.75 Å². The normalized spacial score (nSPS) is 10.3. The third kappa shape index (κ3) is 3.11. The van der Waals surface area contributed by atoms with Gasteiger partial charge in [-0.1, -0.05) is 0 Å². The zero-order valence-corrected chi connectivity index (χ0v) is 10.9. The van der Waals surface area contributed by atoms with Crippen molar-refractivity contribution in [3.63, 3.8) is 0 Å². The zero-order valence-electron chi connectivity index (χ0n) is 10.1. The van der Waals surface area contributed by atoms with E-state index in [9.17, 15) is 4.79 Å². The molecule has 4 heteroatoms. The second-order valence-electron chi connectivity index (χ2n) is 4.02. The molecule has 0 radical (unpaired) electrons. The summed E-state index contributed by atoms with van der Waals surface area (Å²) in [6, 6.07) is 6.98. The minimum Gasteiger partial charge on any atom is -0.493 e. The first-order valence-electron chi connectivity index (χ1n) is 5.64. The Labute approximate surface area is 110 Å². The van der Waals surface area contributed by atoms with Crippen LogP contribution < -0.4 is 4.74 Å². The molecule has 0 aliphatic rings. The third-order valence-corrected chi connectivity index (χ3v) is 3.38. The maximum atomic E-state index is 10.8. The minimum absolute atomic E-state index is 0.290. The summed E-state index contributed by atoms with van der Waals surface area (Å²) in [5.41, 5.74) is 2.40. The van der Waals surface area contributed by atoms with Gasteiger partial charge in [0.1, 0.15) is 5.75 Å². The molecule has 0 unspecified atom stereocenters. The number of hydrogen-bond donors (Lipinski definition) is 1. The fourth-order valence-electron chi connectivity index (χ4n) is 1.66. The van der Waals surface area contributed by atoms with Crippen LogP contribution in [-0.4, -0.2) is 17.7 Å². The van der Waals surface area contributed by atoms with Gasteiger partial charge in [0.2, 0.25) is 0 Å². The van der Waals surface area contributed by atoms with Crippen LogP contribution in [0.25, 0.3) is 0 Å². The Morgan fingerprint density at radius 2 is 2.22 bits per heavy atom. The second-order valence-corrected chi connectivity index (χ2v) is 4.80. The van der Waals surface area contributed by atoms with E-state index in [1.165, 1.54) is 5.56 Å². The molecule has 0 aliphatic carbocycles. The van der Waals surface area contributed by atoms with E-state index in [4.69, 9.17) is 9.84 Å². The summed E-state index contributed by atoms with van der Waals surface area (Å²) in [5, 5.41) is 13.0. The largest absolute Gasteiger partial charge is 0.493 e. The highest BCUT2D eigenvalue weighted by Gasteiger charge is 2.06. The van der Waals surface area contributed by atoms with Gasteiger partial charge in [0, 0.05) is 6.42 Å². The van der Waals surface area contributed by atoms with E-state index in [1.54, 1.807) is 29.5 Å². The van der Waals surface area contributed by atoms with Gasteiger partial charge in [-0.15, -0.1) is 0 Å². The molecule has 1 heterocycles. The average molecular weight is 262 g/mol. The Kier molecular flexibility index (Phi) is 3.99. The number of thiophene rings is 1. The molecular weight excluding hydrogens is 248 g/mol. The SMILES string of the molecule is Cc1cc(C(=O)O)ccc1OCCc1ccsc1. The molecule has 1 N–H and O–H groups in total. The highest BCUT2D eigenvalue weighted by Crippen LogP contribution is 2.19. The van der Waals surface area contributed by atoms with Gasteiger partial charge in [-0.25, -0.2) is 4.79 Å². The van der Waals surface area contributed by atoms with Gasteiger partial charge in [0.15, 0.2) is 0 Å². The highest BCUT2D eigenvalue weighted by atomic mass is 32.1. The Morgan fingerprint density at radius 1 is 1.39 bits per heavy atom. The Bertz CT molecular complexity index is 532. The summed E-state index contributed by atoms with van der Waals surface area (Å²) in [6.45, 7) is 2.45. The summed E-state index contributed by atoms with van der Waals surface area (Å²) in [7, 11) is 0. The van der Waals surface area contributed by atoms with Gasteiger partial charge in [0.25, 0.3) is 0 Å². The van der Waals surface area contributed by atoms with Crippen LogP contribution in [-0.2, 0) is 6.42 Å². The van der Waals surface area contributed by atoms with Gasteiger partial charge >= 0.3 is 5.97 Å². The van der Waals surface area contributed by atoms with Crippen molar-refractivity contribution in [1.29, 1.82) is 0 Å². The summed E-state index contributed by atoms with van der Waals surface area (Å²) < 4.78 is 5.66. The van der Waals surface area contributed by atoms with E-state index in [0.717, 1.165) is 17.7 Å². The van der Waals surface area contributed by atoms with Crippen LogP contribution >= 0.6 is 11.3 Å². The molecule has 0 amide bonds. The summed E-state index contributed by atoms with van der Waals surface area (Å²) in [5.74, 6) is -0.168. The quantitative estimate of drug-likeness (QED) is 0.898. The molecular formula is C14H14O3S. The lowest BCUT2D eigenvalue weighted by atomic mass is 10.1. The lowest BCUT2D eigenvalue weighted by Crippen LogP contribution is -2.03. The molecule has 3 nitrogen and oxygen atoms in total. The van der Waals surface area contributed by atoms with Crippen molar-refractivity contribution in [3.8, 4) is 5.75 Å². The summed E-state index contributed by atoms with van der Waals surface area (Å²) in [6.07, 6.45) is 0.865. The number of aromatic carboxylic acids is 1. The first-order chi connectivity index (χ1) is 8.66. The second kappa shape index (κ2) is 5.69. The van der Waals surface area contributed by atoms with Crippen molar-refractivity contribution in [3.05, 3.63) is 51.7 Å². The first kappa shape index (κ1) is 12.6. The molecule has 0 saturated carbocycles. The molecule has 0 atom stereocenters. The number of aryl methyl sites for hydroxylation is 1. The number of ether oxygens (including phenoxy) is 1. The van der Waals surface area contributed by atoms with E-state index >= 15 is 0 Å². The molecule has 1 aromatic carbocycles. The van der Waals surface area contributed by atoms with Crippen molar-refractivity contribution >= 4 is 17.3 Å². The van der Waals surface area contributed by atoms with Crippen molar-refractivity contribution in [2.45, 2.75) is 13.3 Å². The van der Waals surface area contributed by atoms with Crippen LogP contribution in [0.15, 0.2) is 35.0 Å². The van der Waals surface area contributed by atoms with Crippen molar-refractivity contribution in [2.24, 2.45) is 0 Å². The van der Waals surface area contributed by atoms with E-state index < -0.39 is 5.97 Å². The topological polar surface area (TPSA) is 46.5 Å². The lowest BCUT2D eigenvalue weighted by Gasteiger charge is -2.09. The smallest absolute Gasteiger partial charge is 0.335 e. The van der Waals surface area contributed by atoms with Crippen LogP contribution in [0.4, 0.5) is 0 Å². The van der Waals surface area contributed by atoms with Crippen LogP contribution in [0.3, 0.4) is 0 Å². The fourth-order valence-corrected chi connectivity index (χ4v) is 2.36. The van der Waals surface area contributed by atoms with Crippen LogP contribution in [0.2, 0.25) is 0 Å². The maximum Gasteiger partial charge on any atom is 0.335 e. The third-order valence-electron chi connectivity index (χ3n) is 2.65. The predicted molar refractivity (Wildman–Crippen MR) is 71.7 cm³/mol. The molecule has 0 saturated heterocycles. The zero-order chi connectivity index (χ0) is 13.0. The predicted octanol–water partition coefficient (Wildman–Crippen LogP) is 3.38. The van der Waals surface area contributed by atoms with Crippen LogP contribution in [0.1, 0.15) is 21.5 Å². The number of rotatable bonds is 5. The minimum atomic E-state index is -0.914. The highest BCUT2D eigenvalue weighted by molar-refractivity contribution is 7.07. The van der Waals surface area contributed by atoms with E-state index in [1.807, 2.05) is 12.3 Å². The van der Waals surface area contributed by atoms with E-state index in [2.05, 4.69) is 11.4 Å². The molecule has 1 aromatic heterocycles. The molecule has 0 bridgehead atoms. The Hall–Kier alpha value is -1.81. The molecule has 94 valence electrons.